The zero-order valence-corrected chi connectivity index (χ0v) is 13.8. The summed E-state index contributed by atoms with van der Waals surface area (Å²) < 4.78 is 5.33. The molecule has 3 aromatic rings. The number of rotatable bonds is 4. The Hall–Kier alpha value is -2.95. The molecule has 1 aromatic heterocycles. The smallest absolute Gasteiger partial charge is 0.338 e. The molecule has 24 heavy (non-hydrogen) atoms. The van der Waals surface area contributed by atoms with Crippen molar-refractivity contribution in [2.75, 3.05) is 0 Å². The van der Waals surface area contributed by atoms with Crippen LogP contribution in [0, 0.1) is 13.8 Å². The molecular weight excluding hydrogens is 304 g/mol. The Kier molecular flexibility index (Phi) is 4.16. The van der Waals surface area contributed by atoms with Crippen molar-refractivity contribution in [1.29, 1.82) is 0 Å². The minimum atomic E-state index is -0.850. The van der Waals surface area contributed by atoms with Crippen LogP contribution in [0.3, 0.4) is 0 Å². The molecule has 0 radical (unpaired) electrons. The zero-order chi connectivity index (χ0) is 17.3. The van der Waals surface area contributed by atoms with E-state index in [2.05, 4.69) is 10.2 Å². The number of ketones is 1. The van der Waals surface area contributed by atoms with E-state index >= 15 is 0 Å². The fraction of sp³-hybridized carbons (Fsp3) is 0.211. The van der Waals surface area contributed by atoms with Gasteiger partial charge in [-0.1, -0.05) is 18.2 Å². The topological polar surface area (TPSA) is 72.1 Å². The molecule has 1 N–H and O–H groups in total. The third-order valence-corrected chi connectivity index (χ3v) is 4.12. The van der Waals surface area contributed by atoms with Gasteiger partial charge in [0.2, 0.25) is 5.78 Å². The average molecular weight is 322 g/mol. The fourth-order valence-corrected chi connectivity index (χ4v) is 2.48. The van der Waals surface area contributed by atoms with E-state index in [1.807, 2.05) is 26.0 Å². The third kappa shape index (κ3) is 3.06. The summed E-state index contributed by atoms with van der Waals surface area (Å²) in [4.78, 5) is 24.7. The second kappa shape index (κ2) is 6.28. The average Bonchev–Trinajstić information content (AvgIpc) is 3.04. The van der Waals surface area contributed by atoms with Crippen LogP contribution in [0.2, 0.25) is 0 Å². The van der Waals surface area contributed by atoms with Crippen LogP contribution in [0.4, 0.5) is 0 Å². The number of nitrogens with one attached hydrogen (secondary N) is 1. The first-order valence-electron chi connectivity index (χ1n) is 7.71. The maximum absolute atomic E-state index is 12.5. The van der Waals surface area contributed by atoms with Gasteiger partial charge in [0.25, 0.3) is 0 Å². The van der Waals surface area contributed by atoms with Crippen LogP contribution in [-0.4, -0.2) is 28.1 Å². The van der Waals surface area contributed by atoms with Crippen LogP contribution in [0.15, 0.2) is 42.6 Å². The van der Waals surface area contributed by atoms with Crippen molar-refractivity contribution in [2.45, 2.75) is 26.9 Å². The number of aromatic nitrogens is 2. The number of fused-ring (bicyclic) bond motifs is 1. The van der Waals surface area contributed by atoms with Crippen molar-refractivity contribution in [3.8, 4) is 0 Å². The second-order valence-corrected chi connectivity index (χ2v) is 5.88. The van der Waals surface area contributed by atoms with Crippen molar-refractivity contribution in [2.24, 2.45) is 0 Å². The van der Waals surface area contributed by atoms with Gasteiger partial charge in [0, 0.05) is 10.9 Å². The third-order valence-electron chi connectivity index (χ3n) is 4.12. The van der Waals surface area contributed by atoms with Crippen LogP contribution in [0.1, 0.15) is 38.8 Å². The van der Waals surface area contributed by atoms with Crippen LogP contribution >= 0.6 is 0 Å². The summed E-state index contributed by atoms with van der Waals surface area (Å²) in [5, 5.41) is 7.63. The monoisotopic (exact) mass is 322 g/mol. The maximum atomic E-state index is 12.5. The lowest BCUT2D eigenvalue weighted by atomic mass is 10.0. The van der Waals surface area contributed by atoms with Crippen molar-refractivity contribution in [3.63, 3.8) is 0 Å². The number of Topliss-reactive ketones (excluding diaryl/α,β-unsaturated/α-hetero) is 1. The molecule has 5 nitrogen and oxygen atoms in total. The number of hydrogen-bond acceptors (Lipinski definition) is 4. The Balaban J connectivity index is 1.75. The molecule has 0 saturated heterocycles. The maximum Gasteiger partial charge on any atom is 0.338 e. The Morgan fingerprint density at radius 2 is 1.79 bits per heavy atom. The predicted octanol–water partition coefficient (Wildman–Crippen LogP) is 3.61. The molecular formula is C19H18N2O3. The molecule has 1 atom stereocenters. The van der Waals surface area contributed by atoms with Gasteiger partial charge in [-0.25, -0.2) is 4.79 Å². The molecule has 0 aliphatic carbocycles. The van der Waals surface area contributed by atoms with E-state index < -0.39 is 12.1 Å². The van der Waals surface area contributed by atoms with E-state index in [0.29, 0.717) is 11.1 Å². The zero-order valence-electron chi connectivity index (χ0n) is 13.8. The molecule has 0 bridgehead atoms. The van der Waals surface area contributed by atoms with E-state index in [0.717, 1.165) is 22.0 Å². The molecule has 0 aliphatic rings. The molecule has 3 rings (SSSR count). The molecule has 2 aromatic carbocycles. The number of ether oxygens (including phenoxy) is 1. The van der Waals surface area contributed by atoms with Gasteiger partial charge in [-0.15, -0.1) is 0 Å². The molecule has 0 amide bonds. The normalized spacial score (nSPS) is 12.1. The minimum Gasteiger partial charge on any atom is -0.451 e. The summed E-state index contributed by atoms with van der Waals surface area (Å²) in [6, 6.07) is 10.6. The Morgan fingerprint density at radius 1 is 1.04 bits per heavy atom. The molecule has 0 spiro atoms. The largest absolute Gasteiger partial charge is 0.451 e. The summed E-state index contributed by atoms with van der Waals surface area (Å²) in [5.41, 5.74) is 3.82. The standard InChI is InChI=1S/C19H18N2O3/c1-11-4-5-14(8-12(11)2)18(22)13(3)24-19(23)15-6-7-16-10-20-21-17(16)9-15/h4-10,13H,1-3H3,(H,20,21)/t13-/m0/s1. The van der Waals surface area contributed by atoms with E-state index in [9.17, 15) is 9.59 Å². The summed E-state index contributed by atoms with van der Waals surface area (Å²) in [6.07, 6.45) is 0.827. The molecule has 0 fully saturated rings. The first-order valence-corrected chi connectivity index (χ1v) is 7.71. The fourth-order valence-electron chi connectivity index (χ4n) is 2.48. The summed E-state index contributed by atoms with van der Waals surface area (Å²) in [7, 11) is 0. The number of carbonyl (C=O) groups excluding carboxylic acids is 2. The number of aromatic amines is 1. The van der Waals surface area contributed by atoms with Gasteiger partial charge >= 0.3 is 5.97 Å². The van der Waals surface area contributed by atoms with E-state index in [1.54, 1.807) is 37.4 Å². The van der Waals surface area contributed by atoms with Crippen molar-refractivity contribution in [1.82, 2.24) is 10.2 Å². The molecule has 1 heterocycles. The molecule has 122 valence electrons. The highest BCUT2D eigenvalue weighted by Gasteiger charge is 2.21. The van der Waals surface area contributed by atoms with Gasteiger partial charge in [0.05, 0.1) is 17.3 Å². The second-order valence-electron chi connectivity index (χ2n) is 5.88. The van der Waals surface area contributed by atoms with Crippen molar-refractivity contribution in [3.05, 3.63) is 64.8 Å². The van der Waals surface area contributed by atoms with Gasteiger partial charge in [0.15, 0.2) is 6.10 Å². The van der Waals surface area contributed by atoms with Crippen molar-refractivity contribution >= 4 is 22.7 Å². The van der Waals surface area contributed by atoms with E-state index in [-0.39, 0.29) is 5.78 Å². The van der Waals surface area contributed by atoms with Gasteiger partial charge in [-0.3, -0.25) is 9.89 Å². The van der Waals surface area contributed by atoms with Gasteiger partial charge in [-0.05, 0) is 50.1 Å². The highest BCUT2D eigenvalue weighted by molar-refractivity contribution is 6.02. The number of esters is 1. The Labute approximate surface area is 139 Å². The Bertz CT molecular complexity index is 927. The highest BCUT2D eigenvalue weighted by Crippen LogP contribution is 2.16. The molecule has 0 unspecified atom stereocenters. The SMILES string of the molecule is Cc1ccc(C(=O)[C@H](C)OC(=O)c2ccc3cn[nH]c3c2)cc1C. The number of carbonyl (C=O) groups is 2. The van der Waals surface area contributed by atoms with Crippen LogP contribution in [0.5, 0.6) is 0 Å². The quantitative estimate of drug-likeness (QED) is 0.588. The summed E-state index contributed by atoms with van der Waals surface area (Å²) in [5.74, 6) is -0.745. The minimum absolute atomic E-state index is 0.214. The van der Waals surface area contributed by atoms with E-state index in [1.165, 1.54) is 0 Å². The number of H-pyrrole nitrogens is 1. The number of benzene rings is 2. The first kappa shape index (κ1) is 15.9. The first-order chi connectivity index (χ1) is 11.5. The predicted molar refractivity (Wildman–Crippen MR) is 91.2 cm³/mol. The van der Waals surface area contributed by atoms with Gasteiger partial charge in [-0.2, -0.15) is 5.10 Å². The lowest BCUT2D eigenvalue weighted by Crippen LogP contribution is -2.24. The molecule has 0 aliphatic heterocycles. The van der Waals surface area contributed by atoms with Gasteiger partial charge < -0.3 is 4.74 Å². The summed E-state index contributed by atoms with van der Waals surface area (Å²) >= 11 is 0. The van der Waals surface area contributed by atoms with Crippen LogP contribution in [-0.2, 0) is 4.74 Å². The molecule has 0 saturated carbocycles. The summed E-state index contributed by atoms with van der Waals surface area (Å²) in [6.45, 7) is 5.52. The lowest BCUT2D eigenvalue weighted by Gasteiger charge is -2.13. The number of nitrogens with zero attached hydrogens (tertiary/aromatic N) is 1. The van der Waals surface area contributed by atoms with Crippen LogP contribution in [0.25, 0.3) is 10.9 Å². The Morgan fingerprint density at radius 3 is 2.54 bits per heavy atom. The number of hydrogen-bond donors (Lipinski definition) is 1. The van der Waals surface area contributed by atoms with Gasteiger partial charge in [0.1, 0.15) is 0 Å². The highest BCUT2D eigenvalue weighted by atomic mass is 16.5. The molecule has 5 heteroatoms. The lowest BCUT2D eigenvalue weighted by molar-refractivity contribution is 0.0319. The van der Waals surface area contributed by atoms with E-state index in [4.69, 9.17) is 4.74 Å². The number of aryl methyl sites for hydroxylation is 2. The van der Waals surface area contributed by atoms with Crippen LogP contribution < -0.4 is 0 Å². The van der Waals surface area contributed by atoms with Crippen molar-refractivity contribution < 1.29 is 14.3 Å².